The summed E-state index contributed by atoms with van der Waals surface area (Å²) in [6, 6.07) is 6.06. The lowest BCUT2D eigenvalue weighted by Crippen LogP contribution is -1.96. The van der Waals surface area contributed by atoms with Crippen molar-refractivity contribution in [3.63, 3.8) is 0 Å². The standard InChI is InChI=1S/C10H9FO2S/c1-14-9(10(12)13)6-7-4-2-3-5-8(7)11/h2-6H,1H3,(H,12,13). The van der Waals surface area contributed by atoms with E-state index >= 15 is 0 Å². The van der Waals surface area contributed by atoms with Gasteiger partial charge in [0.05, 0.1) is 4.91 Å². The van der Waals surface area contributed by atoms with Gasteiger partial charge in [-0.2, -0.15) is 0 Å². The number of hydrogen-bond donors (Lipinski definition) is 1. The van der Waals surface area contributed by atoms with Crippen LogP contribution in [-0.4, -0.2) is 17.3 Å². The molecule has 0 saturated heterocycles. The van der Waals surface area contributed by atoms with Crippen molar-refractivity contribution in [2.75, 3.05) is 6.26 Å². The summed E-state index contributed by atoms with van der Waals surface area (Å²) in [5.41, 5.74) is 0.291. The summed E-state index contributed by atoms with van der Waals surface area (Å²) < 4.78 is 13.1. The minimum atomic E-state index is -1.04. The van der Waals surface area contributed by atoms with Crippen LogP contribution in [0, 0.1) is 5.82 Å². The number of benzene rings is 1. The lowest BCUT2D eigenvalue weighted by Gasteiger charge is -1.98. The molecule has 0 fully saturated rings. The van der Waals surface area contributed by atoms with Crippen LogP contribution in [0.1, 0.15) is 5.56 Å². The van der Waals surface area contributed by atoms with E-state index in [2.05, 4.69) is 0 Å². The van der Waals surface area contributed by atoms with Crippen LogP contribution in [0.3, 0.4) is 0 Å². The Morgan fingerprint density at radius 2 is 2.14 bits per heavy atom. The zero-order chi connectivity index (χ0) is 10.6. The molecule has 0 saturated carbocycles. The highest BCUT2D eigenvalue weighted by molar-refractivity contribution is 8.03. The van der Waals surface area contributed by atoms with Gasteiger partial charge in [0.2, 0.25) is 0 Å². The Kier molecular flexibility index (Phi) is 3.71. The first-order valence-corrected chi connectivity index (χ1v) is 5.11. The molecule has 4 heteroatoms. The summed E-state index contributed by atoms with van der Waals surface area (Å²) in [7, 11) is 0. The minimum Gasteiger partial charge on any atom is -0.477 e. The summed E-state index contributed by atoms with van der Waals surface area (Å²) >= 11 is 1.08. The molecule has 74 valence electrons. The normalized spacial score (nSPS) is 11.4. The van der Waals surface area contributed by atoms with E-state index in [-0.39, 0.29) is 4.91 Å². The van der Waals surface area contributed by atoms with Gasteiger partial charge in [-0.25, -0.2) is 9.18 Å². The highest BCUT2D eigenvalue weighted by atomic mass is 32.2. The first-order chi connectivity index (χ1) is 6.65. The molecule has 0 aliphatic carbocycles. The van der Waals surface area contributed by atoms with Gasteiger partial charge in [-0.3, -0.25) is 0 Å². The maximum atomic E-state index is 13.1. The van der Waals surface area contributed by atoms with Crippen LogP contribution in [0.15, 0.2) is 29.2 Å². The second-order valence-electron chi connectivity index (χ2n) is 2.54. The lowest BCUT2D eigenvalue weighted by molar-refractivity contribution is -0.131. The van der Waals surface area contributed by atoms with Crippen molar-refractivity contribution in [3.8, 4) is 0 Å². The maximum Gasteiger partial charge on any atom is 0.342 e. The molecule has 0 aromatic heterocycles. The minimum absolute atomic E-state index is 0.120. The number of hydrogen-bond acceptors (Lipinski definition) is 2. The average Bonchev–Trinajstić information content (AvgIpc) is 2.16. The zero-order valence-electron chi connectivity index (χ0n) is 7.53. The van der Waals surface area contributed by atoms with Crippen molar-refractivity contribution in [2.45, 2.75) is 0 Å². The van der Waals surface area contributed by atoms with Gasteiger partial charge >= 0.3 is 5.97 Å². The van der Waals surface area contributed by atoms with Crippen molar-refractivity contribution in [1.29, 1.82) is 0 Å². The number of carboxylic acids is 1. The van der Waals surface area contributed by atoms with E-state index in [9.17, 15) is 9.18 Å². The van der Waals surface area contributed by atoms with E-state index in [0.29, 0.717) is 5.56 Å². The SMILES string of the molecule is CSC(=Cc1ccccc1F)C(=O)O. The van der Waals surface area contributed by atoms with Gasteiger partial charge in [-0.1, -0.05) is 18.2 Å². The number of halogens is 1. The van der Waals surface area contributed by atoms with Crippen molar-refractivity contribution in [2.24, 2.45) is 0 Å². The predicted octanol–water partition coefficient (Wildman–Crippen LogP) is 2.61. The van der Waals surface area contributed by atoms with Crippen LogP contribution in [-0.2, 0) is 4.79 Å². The van der Waals surface area contributed by atoms with Gasteiger partial charge in [0.25, 0.3) is 0 Å². The molecule has 0 aliphatic rings. The molecule has 1 rings (SSSR count). The van der Waals surface area contributed by atoms with Gasteiger partial charge in [0.15, 0.2) is 0 Å². The van der Waals surface area contributed by atoms with Crippen LogP contribution in [0.5, 0.6) is 0 Å². The molecule has 2 nitrogen and oxygen atoms in total. The highest BCUT2D eigenvalue weighted by Gasteiger charge is 2.06. The molecule has 1 aromatic rings. The van der Waals surface area contributed by atoms with E-state index in [4.69, 9.17) is 5.11 Å². The number of carbonyl (C=O) groups is 1. The van der Waals surface area contributed by atoms with Crippen LogP contribution >= 0.6 is 11.8 Å². The molecule has 0 amide bonds. The number of carboxylic acid groups (broad SMARTS) is 1. The average molecular weight is 212 g/mol. The largest absolute Gasteiger partial charge is 0.477 e. The lowest BCUT2D eigenvalue weighted by atomic mass is 10.2. The Labute approximate surface area is 85.4 Å². The fourth-order valence-corrected chi connectivity index (χ4v) is 1.36. The molecule has 14 heavy (non-hydrogen) atoms. The third-order valence-corrected chi connectivity index (χ3v) is 2.35. The quantitative estimate of drug-likeness (QED) is 0.782. The van der Waals surface area contributed by atoms with E-state index in [0.717, 1.165) is 11.8 Å². The van der Waals surface area contributed by atoms with Crippen molar-refractivity contribution < 1.29 is 14.3 Å². The van der Waals surface area contributed by atoms with Crippen molar-refractivity contribution in [1.82, 2.24) is 0 Å². The molecule has 0 spiro atoms. The summed E-state index contributed by atoms with van der Waals surface area (Å²) in [6.45, 7) is 0. The second-order valence-corrected chi connectivity index (χ2v) is 3.39. The van der Waals surface area contributed by atoms with Crippen LogP contribution < -0.4 is 0 Å². The van der Waals surface area contributed by atoms with Gasteiger partial charge in [-0.15, -0.1) is 11.8 Å². The molecule has 0 atom stereocenters. The van der Waals surface area contributed by atoms with Crippen molar-refractivity contribution in [3.05, 3.63) is 40.6 Å². The number of aliphatic carboxylic acids is 1. The summed E-state index contributed by atoms with van der Waals surface area (Å²) in [6.07, 6.45) is 2.96. The van der Waals surface area contributed by atoms with E-state index in [1.807, 2.05) is 0 Å². The van der Waals surface area contributed by atoms with Gasteiger partial charge in [0, 0.05) is 5.56 Å². The third kappa shape index (κ3) is 2.60. The Morgan fingerprint density at radius 1 is 1.50 bits per heavy atom. The molecule has 1 aromatic carbocycles. The van der Waals surface area contributed by atoms with Gasteiger partial charge in [0.1, 0.15) is 5.82 Å². The predicted molar refractivity (Wildman–Crippen MR) is 55.5 cm³/mol. The van der Waals surface area contributed by atoms with Gasteiger partial charge in [-0.05, 0) is 18.4 Å². The molecule has 0 aliphatic heterocycles. The van der Waals surface area contributed by atoms with Crippen molar-refractivity contribution >= 4 is 23.8 Å². The topological polar surface area (TPSA) is 37.3 Å². The molecule has 0 bridgehead atoms. The zero-order valence-corrected chi connectivity index (χ0v) is 8.34. The number of thioether (sulfide) groups is 1. The molecule has 1 N–H and O–H groups in total. The smallest absolute Gasteiger partial charge is 0.342 e. The van der Waals surface area contributed by atoms with E-state index in [1.165, 1.54) is 18.2 Å². The fraction of sp³-hybridized carbons (Fsp3) is 0.100. The Balaban J connectivity index is 3.07. The molecule has 0 radical (unpaired) electrons. The Morgan fingerprint density at radius 3 is 2.64 bits per heavy atom. The van der Waals surface area contributed by atoms with Crippen LogP contribution in [0.2, 0.25) is 0 Å². The third-order valence-electron chi connectivity index (χ3n) is 1.62. The first kappa shape index (κ1) is 10.8. The van der Waals surface area contributed by atoms with Crippen LogP contribution in [0.25, 0.3) is 6.08 Å². The monoisotopic (exact) mass is 212 g/mol. The first-order valence-electron chi connectivity index (χ1n) is 3.88. The Bertz CT molecular complexity index is 374. The molecular formula is C10H9FO2S. The molecular weight excluding hydrogens is 203 g/mol. The second kappa shape index (κ2) is 4.81. The number of rotatable bonds is 3. The molecule has 0 heterocycles. The van der Waals surface area contributed by atoms with E-state index < -0.39 is 11.8 Å². The molecule has 0 unspecified atom stereocenters. The highest BCUT2D eigenvalue weighted by Crippen LogP contribution is 2.18. The maximum absolute atomic E-state index is 13.1. The van der Waals surface area contributed by atoms with Crippen LogP contribution in [0.4, 0.5) is 4.39 Å². The fourth-order valence-electron chi connectivity index (χ4n) is 0.941. The van der Waals surface area contributed by atoms with Gasteiger partial charge < -0.3 is 5.11 Å². The summed E-state index contributed by atoms with van der Waals surface area (Å²) in [4.78, 5) is 10.8. The summed E-state index contributed by atoms with van der Waals surface area (Å²) in [5, 5.41) is 8.71. The van der Waals surface area contributed by atoms with E-state index in [1.54, 1.807) is 18.4 Å². The Hall–Kier alpha value is -1.29. The summed E-state index contributed by atoms with van der Waals surface area (Å²) in [5.74, 6) is -1.46.